The van der Waals surface area contributed by atoms with Crippen molar-refractivity contribution >= 4 is 40.3 Å². The van der Waals surface area contributed by atoms with Crippen molar-refractivity contribution < 1.29 is 19.1 Å². The number of carbonyl (C=O) groups is 2. The summed E-state index contributed by atoms with van der Waals surface area (Å²) in [5.41, 5.74) is -1.25. The van der Waals surface area contributed by atoms with E-state index in [2.05, 4.69) is 36.8 Å². The smallest absolute Gasteiger partial charge is 0.341 e. The minimum absolute atomic E-state index is 0.0357. The molecule has 0 bridgehead atoms. The molecule has 4 aromatic rings. The zero-order valence-electron chi connectivity index (χ0n) is 16.5. The van der Waals surface area contributed by atoms with Crippen LogP contribution >= 0.6 is 11.5 Å². The molecule has 13 heteroatoms. The van der Waals surface area contributed by atoms with Crippen molar-refractivity contribution in [3.8, 4) is 5.13 Å². The van der Waals surface area contributed by atoms with E-state index in [0.29, 0.717) is 0 Å². The number of nitrogens with one attached hydrogen (secondary N) is 1. The van der Waals surface area contributed by atoms with Crippen LogP contribution in [-0.4, -0.2) is 60.0 Å². The number of anilines is 1. The number of aromatic carboxylic acids is 1. The maximum atomic E-state index is 14.9. The van der Waals surface area contributed by atoms with Gasteiger partial charge in [-0.05, 0) is 12.1 Å². The van der Waals surface area contributed by atoms with Crippen LogP contribution in [0.1, 0.15) is 20.8 Å². The Bertz CT molecular complexity index is 1440. The first-order valence-electron chi connectivity index (χ1n) is 9.49. The van der Waals surface area contributed by atoms with Crippen molar-refractivity contribution in [1.82, 2.24) is 29.2 Å². The van der Waals surface area contributed by atoms with E-state index in [1.165, 1.54) is 23.2 Å². The molecule has 5 heterocycles. The SMILES string of the molecule is O=C(NC1CN(c2nc3c(cc2F)c(=O)c(C(=O)O)cn3-c2ncns2)C1)c1c#cccn1. The normalized spacial score (nSPS) is 13.4. The summed E-state index contributed by atoms with van der Waals surface area (Å²) in [4.78, 5) is 50.2. The highest BCUT2D eigenvalue weighted by Crippen LogP contribution is 2.26. The van der Waals surface area contributed by atoms with E-state index >= 15 is 0 Å². The molecule has 0 saturated carbocycles. The molecule has 1 fully saturated rings. The van der Waals surface area contributed by atoms with Crippen molar-refractivity contribution in [3.05, 3.63) is 70.3 Å². The number of amides is 1. The van der Waals surface area contributed by atoms with Crippen LogP contribution in [0.5, 0.6) is 0 Å². The highest BCUT2D eigenvalue weighted by molar-refractivity contribution is 7.08. The van der Waals surface area contributed by atoms with Gasteiger partial charge in [-0.3, -0.25) is 14.2 Å². The molecule has 11 nitrogen and oxygen atoms in total. The second-order valence-electron chi connectivity index (χ2n) is 7.07. The quantitative estimate of drug-likeness (QED) is 0.435. The molecule has 1 amide bonds. The monoisotopic (exact) mass is 465 g/mol. The van der Waals surface area contributed by atoms with Gasteiger partial charge in [-0.2, -0.15) is 4.37 Å². The topological polar surface area (TPSA) is 143 Å². The molecular formula is C20H12FN7O4S. The summed E-state index contributed by atoms with van der Waals surface area (Å²) in [6, 6.07) is 7.48. The fourth-order valence-corrected chi connectivity index (χ4v) is 3.92. The van der Waals surface area contributed by atoms with Gasteiger partial charge < -0.3 is 15.3 Å². The number of carbonyl (C=O) groups excluding carboxylic acids is 1. The van der Waals surface area contributed by atoms with Crippen LogP contribution in [0.3, 0.4) is 0 Å². The molecule has 4 aromatic heterocycles. The lowest BCUT2D eigenvalue weighted by molar-refractivity contribution is 0.0694. The van der Waals surface area contributed by atoms with E-state index in [0.717, 1.165) is 23.8 Å². The van der Waals surface area contributed by atoms with Gasteiger partial charge in [0, 0.05) is 43.1 Å². The number of fused-ring (bicyclic) bond motifs is 1. The summed E-state index contributed by atoms with van der Waals surface area (Å²) in [5, 5.41) is 12.2. The highest BCUT2D eigenvalue weighted by atomic mass is 32.1. The summed E-state index contributed by atoms with van der Waals surface area (Å²) in [6.07, 6.45) is 3.80. The Labute approximate surface area is 188 Å². The van der Waals surface area contributed by atoms with Gasteiger partial charge in [0.15, 0.2) is 23.0 Å². The van der Waals surface area contributed by atoms with Crippen LogP contribution in [0.4, 0.5) is 10.2 Å². The van der Waals surface area contributed by atoms with Gasteiger partial charge in [0.2, 0.25) is 10.6 Å². The Morgan fingerprint density at radius 3 is 2.79 bits per heavy atom. The van der Waals surface area contributed by atoms with E-state index in [1.54, 1.807) is 4.90 Å². The number of hydrogen-bond acceptors (Lipinski definition) is 9. The van der Waals surface area contributed by atoms with Crippen LogP contribution < -0.4 is 15.6 Å². The molecule has 1 saturated heterocycles. The molecular weight excluding hydrogens is 453 g/mol. The number of aromatic nitrogens is 5. The third kappa shape index (κ3) is 3.62. The Balaban J connectivity index is 1.47. The van der Waals surface area contributed by atoms with Gasteiger partial charge in [0.05, 0.1) is 11.4 Å². The van der Waals surface area contributed by atoms with Crippen molar-refractivity contribution in [2.45, 2.75) is 6.04 Å². The number of hydrogen-bond donors (Lipinski definition) is 2. The molecule has 0 aliphatic carbocycles. The van der Waals surface area contributed by atoms with E-state index in [-0.39, 0.29) is 46.8 Å². The largest absolute Gasteiger partial charge is 0.477 e. The molecule has 0 radical (unpaired) electrons. The molecule has 0 atom stereocenters. The average molecular weight is 465 g/mol. The van der Waals surface area contributed by atoms with E-state index < -0.39 is 28.7 Å². The number of carboxylic acids is 1. The molecule has 164 valence electrons. The van der Waals surface area contributed by atoms with Crippen molar-refractivity contribution in [2.24, 2.45) is 0 Å². The Kier molecular flexibility index (Phi) is 4.91. The number of pyridine rings is 2. The maximum absolute atomic E-state index is 14.9. The summed E-state index contributed by atoms with van der Waals surface area (Å²) in [5.74, 6) is -2.70. The third-order valence-corrected chi connectivity index (χ3v) is 5.65. The standard InChI is InChI=1S/C20H12FN7O4S/c21-13-5-11-15(29)12(19(31)32)8-28(20-23-9-24-33-20)16(11)26-17(13)27-6-10(7-27)25-18(30)14-3-1-2-4-22-14/h2,4-5,8-10H,6-7H2,(H,25,30)(H,31,32). The maximum Gasteiger partial charge on any atom is 0.341 e. The molecule has 33 heavy (non-hydrogen) atoms. The molecule has 1 aliphatic rings. The number of carboxylic acid groups (broad SMARTS) is 1. The summed E-state index contributed by atoms with van der Waals surface area (Å²) in [6.45, 7) is 0.544. The molecule has 2 N–H and O–H groups in total. The summed E-state index contributed by atoms with van der Waals surface area (Å²) in [7, 11) is 0. The molecule has 0 unspecified atom stereocenters. The highest BCUT2D eigenvalue weighted by Gasteiger charge is 2.32. The summed E-state index contributed by atoms with van der Waals surface area (Å²) < 4.78 is 20.1. The van der Waals surface area contributed by atoms with Crippen LogP contribution in [0.25, 0.3) is 16.2 Å². The second kappa shape index (κ2) is 7.92. The third-order valence-electron chi connectivity index (χ3n) is 4.98. The minimum Gasteiger partial charge on any atom is -0.477 e. The van der Waals surface area contributed by atoms with Gasteiger partial charge in [-0.1, -0.05) is 6.07 Å². The number of halogens is 1. The van der Waals surface area contributed by atoms with Gasteiger partial charge in [-0.25, -0.2) is 24.1 Å². The van der Waals surface area contributed by atoms with Crippen LogP contribution in [0.2, 0.25) is 0 Å². The molecule has 0 aromatic carbocycles. The molecule has 5 rings (SSSR count). The lowest BCUT2D eigenvalue weighted by atomic mass is 10.1. The van der Waals surface area contributed by atoms with E-state index in [4.69, 9.17) is 0 Å². The Hall–Kier alpha value is -4.44. The predicted octanol–water partition coefficient (Wildman–Crippen LogP) is 0.688. The van der Waals surface area contributed by atoms with Gasteiger partial charge >= 0.3 is 5.97 Å². The second-order valence-corrected chi connectivity index (χ2v) is 7.83. The Morgan fingerprint density at radius 1 is 1.30 bits per heavy atom. The first-order chi connectivity index (χ1) is 15.9. The van der Waals surface area contributed by atoms with Crippen molar-refractivity contribution in [1.29, 1.82) is 0 Å². The van der Waals surface area contributed by atoms with Crippen LogP contribution in [0, 0.1) is 17.9 Å². The fourth-order valence-electron chi connectivity index (χ4n) is 3.41. The van der Waals surface area contributed by atoms with E-state index in [9.17, 15) is 23.9 Å². The summed E-state index contributed by atoms with van der Waals surface area (Å²) >= 11 is 0.961. The zero-order chi connectivity index (χ0) is 23.1. The Morgan fingerprint density at radius 2 is 2.12 bits per heavy atom. The average Bonchev–Trinajstić information content (AvgIpc) is 3.31. The first kappa shape index (κ1) is 20.5. The van der Waals surface area contributed by atoms with Gasteiger partial charge in [0.25, 0.3) is 5.91 Å². The van der Waals surface area contributed by atoms with Crippen molar-refractivity contribution in [2.75, 3.05) is 18.0 Å². The van der Waals surface area contributed by atoms with Crippen molar-refractivity contribution in [3.63, 3.8) is 0 Å². The van der Waals surface area contributed by atoms with Crippen LogP contribution in [-0.2, 0) is 0 Å². The predicted molar refractivity (Wildman–Crippen MR) is 113 cm³/mol. The molecule has 1 aliphatic heterocycles. The van der Waals surface area contributed by atoms with Crippen LogP contribution in [0.15, 0.2) is 35.6 Å². The number of nitrogens with zero attached hydrogens (tertiary/aromatic N) is 6. The lowest BCUT2D eigenvalue weighted by Crippen LogP contribution is -2.60. The lowest BCUT2D eigenvalue weighted by Gasteiger charge is -2.40. The fraction of sp³-hybridized carbons (Fsp3) is 0.150. The molecule has 0 spiro atoms. The first-order valence-corrected chi connectivity index (χ1v) is 10.3. The van der Waals surface area contributed by atoms with E-state index in [1.807, 2.05) is 0 Å². The van der Waals surface area contributed by atoms with Gasteiger partial charge in [0.1, 0.15) is 11.9 Å². The minimum atomic E-state index is -1.45. The number of rotatable bonds is 5. The zero-order valence-corrected chi connectivity index (χ0v) is 17.3. The van der Waals surface area contributed by atoms with Gasteiger partial charge in [-0.15, -0.1) is 0 Å².